The third-order valence-electron chi connectivity index (χ3n) is 3.19. The largest absolute Gasteiger partial charge is 0.396 e. The summed E-state index contributed by atoms with van der Waals surface area (Å²) in [6, 6.07) is 7.46. The highest BCUT2D eigenvalue weighted by atomic mass is 32.1. The second-order valence-electron chi connectivity index (χ2n) is 6.31. The molecule has 0 saturated carbocycles. The summed E-state index contributed by atoms with van der Waals surface area (Å²) >= 11 is 1.59. The molecule has 0 aliphatic rings. The highest BCUT2D eigenvalue weighted by Crippen LogP contribution is 2.27. The first-order valence-corrected chi connectivity index (χ1v) is 8.35. The summed E-state index contributed by atoms with van der Waals surface area (Å²) in [5, 5.41) is 12.7. The number of aromatic nitrogens is 1. The van der Waals surface area contributed by atoms with Crippen LogP contribution in [-0.2, 0) is 16.6 Å². The fourth-order valence-electron chi connectivity index (χ4n) is 1.94. The topological polar surface area (TPSA) is 62.2 Å². The van der Waals surface area contributed by atoms with Crippen molar-refractivity contribution in [1.29, 1.82) is 0 Å². The Labute approximate surface area is 140 Å². The van der Waals surface area contributed by atoms with Crippen molar-refractivity contribution in [3.8, 4) is 0 Å². The van der Waals surface area contributed by atoms with Crippen LogP contribution in [0.1, 0.15) is 36.2 Å². The Kier molecular flexibility index (Phi) is 5.69. The molecule has 0 saturated heterocycles. The summed E-state index contributed by atoms with van der Waals surface area (Å²) in [7, 11) is 0. The van der Waals surface area contributed by atoms with Crippen molar-refractivity contribution in [3.05, 3.63) is 52.0 Å². The number of nitrogens with zero attached hydrogens (tertiary/aromatic N) is 1. The first-order valence-electron chi connectivity index (χ1n) is 7.53. The normalized spacial score (nSPS) is 11.8. The number of carbonyl (C=O) groups is 1. The Bertz CT molecular complexity index is 682. The van der Waals surface area contributed by atoms with E-state index in [0.29, 0.717) is 6.42 Å². The molecule has 0 fully saturated rings. The first kappa shape index (κ1) is 17.4. The van der Waals surface area contributed by atoms with E-state index in [1.165, 1.54) is 6.08 Å². The van der Waals surface area contributed by atoms with Crippen LogP contribution in [0.4, 0.5) is 5.69 Å². The van der Waals surface area contributed by atoms with Crippen molar-refractivity contribution >= 4 is 29.0 Å². The Morgan fingerprint density at radius 2 is 2.00 bits per heavy atom. The van der Waals surface area contributed by atoms with Crippen LogP contribution in [0.5, 0.6) is 0 Å². The van der Waals surface area contributed by atoms with Crippen molar-refractivity contribution in [2.24, 2.45) is 0 Å². The minimum atomic E-state index is -0.175. The number of amides is 1. The molecule has 1 heterocycles. The van der Waals surface area contributed by atoms with E-state index in [9.17, 15) is 4.79 Å². The Hall–Kier alpha value is -1.98. The molecule has 0 spiro atoms. The maximum absolute atomic E-state index is 11.9. The third-order valence-corrected chi connectivity index (χ3v) is 4.57. The van der Waals surface area contributed by atoms with Crippen LogP contribution in [0.3, 0.4) is 0 Å². The van der Waals surface area contributed by atoms with Gasteiger partial charge in [-0.05, 0) is 30.2 Å². The summed E-state index contributed by atoms with van der Waals surface area (Å²) in [4.78, 5) is 17.3. The van der Waals surface area contributed by atoms with Crippen LogP contribution in [-0.4, -0.2) is 22.6 Å². The number of anilines is 1. The van der Waals surface area contributed by atoms with E-state index in [1.54, 1.807) is 23.6 Å². The Balaban J connectivity index is 1.95. The predicted octanol–water partition coefficient (Wildman–Crippen LogP) is 3.63. The standard InChI is InChI=1S/C18H22N2O2S/c1-18(2,3)17-19-12-15(23-17)8-9-16(22)20-14-6-4-13(5-7-14)10-11-21/h4-9,12,21H,10-11H2,1-3H3,(H,20,22). The second-order valence-corrected chi connectivity index (χ2v) is 7.37. The SMILES string of the molecule is CC(C)(C)c1ncc(C=CC(=O)Nc2ccc(CCO)cc2)s1. The summed E-state index contributed by atoms with van der Waals surface area (Å²) in [6.45, 7) is 6.48. The van der Waals surface area contributed by atoms with E-state index in [2.05, 4.69) is 31.1 Å². The van der Waals surface area contributed by atoms with Gasteiger partial charge in [-0.15, -0.1) is 11.3 Å². The molecule has 1 aromatic carbocycles. The van der Waals surface area contributed by atoms with Crippen molar-refractivity contribution in [2.75, 3.05) is 11.9 Å². The van der Waals surface area contributed by atoms with Crippen molar-refractivity contribution in [3.63, 3.8) is 0 Å². The lowest BCUT2D eigenvalue weighted by Gasteiger charge is -2.13. The molecule has 2 aromatic rings. The summed E-state index contributed by atoms with van der Waals surface area (Å²) in [5.74, 6) is -0.175. The zero-order chi connectivity index (χ0) is 16.9. The van der Waals surface area contributed by atoms with Crippen molar-refractivity contribution in [1.82, 2.24) is 4.98 Å². The summed E-state index contributed by atoms with van der Waals surface area (Å²) in [6.07, 6.45) is 5.71. The molecule has 5 heteroatoms. The number of nitrogens with one attached hydrogen (secondary N) is 1. The number of aliphatic hydroxyl groups is 1. The van der Waals surface area contributed by atoms with Gasteiger partial charge in [0.15, 0.2) is 0 Å². The molecule has 2 N–H and O–H groups in total. The van der Waals surface area contributed by atoms with Gasteiger partial charge in [0.1, 0.15) is 0 Å². The molecule has 1 amide bonds. The molecule has 23 heavy (non-hydrogen) atoms. The molecule has 2 rings (SSSR count). The summed E-state index contributed by atoms with van der Waals surface area (Å²) < 4.78 is 0. The second kappa shape index (κ2) is 7.53. The average Bonchev–Trinajstić information content (AvgIpc) is 2.97. The number of aliphatic hydroxyl groups excluding tert-OH is 1. The lowest BCUT2D eigenvalue weighted by atomic mass is 9.98. The van der Waals surface area contributed by atoms with E-state index >= 15 is 0 Å². The quantitative estimate of drug-likeness (QED) is 0.823. The van der Waals surface area contributed by atoms with Crippen LogP contribution in [0.25, 0.3) is 6.08 Å². The van der Waals surface area contributed by atoms with Gasteiger partial charge in [-0.3, -0.25) is 4.79 Å². The number of hydrogen-bond acceptors (Lipinski definition) is 4. The van der Waals surface area contributed by atoms with Crippen LogP contribution >= 0.6 is 11.3 Å². The van der Waals surface area contributed by atoms with Gasteiger partial charge in [-0.2, -0.15) is 0 Å². The van der Waals surface area contributed by atoms with Gasteiger partial charge in [-0.1, -0.05) is 32.9 Å². The highest BCUT2D eigenvalue weighted by molar-refractivity contribution is 7.12. The fourth-order valence-corrected chi connectivity index (χ4v) is 2.81. The molecule has 0 radical (unpaired) electrons. The van der Waals surface area contributed by atoms with E-state index in [4.69, 9.17) is 5.11 Å². The molecule has 1 aromatic heterocycles. The van der Waals surface area contributed by atoms with Gasteiger partial charge >= 0.3 is 0 Å². The maximum Gasteiger partial charge on any atom is 0.248 e. The van der Waals surface area contributed by atoms with E-state index in [1.807, 2.05) is 24.3 Å². The number of thiazole rings is 1. The van der Waals surface area contributed by atoms with E-state index < -0.39 is 0 Å². The van der Waals surface area contributed by atoms with Gasteiger partial charge in [0.05, 0.1) is 5.01 Å². The molecule has 0 aliphatic carbocycles. The minimum absolute atomic E-state index is 0.0231. The number of hydrogen-bond donors (Lipinski definition) is 2. The van der Waals surface area contributed by atoms with E-state index in [-0.39, 0.29) is 17.9 Å². The maximum atomic E-state index is 11.9. The third kappa shape index (κ3) is 5.30. The van der Waals surface area contributed by atoms with E-state index in [0.717, 1.165) is 21.1 Å². The molecule has 0 aliphatic heterocycles. The van der Waals surface area contributed by atoms with Gasteiger partial charge in [0, 0.05) is 34.9 Å². The fraction of sp³-hybridized carbons (Fsp3) is 0.333. The number of benzene rings is 1. The number of rotatable bonds is 5. The minimum Gasteiger partial charge on any atom is -0.396 e. The zero-order valence-corrected chi connectivity index (χ0v) is 14.5. The Morgan fingerprint density at radius 3 is 2.57 bits per heavy atom. The van der Waals surface area contributed by atoms with Crippen LogP contribution in [0.15, 0.2) is 36.5 Å². The van der Waals surface area contributed by atoms with Crippen LogP contribution in [0, 0.1) is 0 Å². The molecule has 122 valence electrons. The van der Waals surface area contributed by atoms with Crippen LogP contribution in [0.2, 0.25) is 0 Å². The molecule has 0 atom stereocenters. The Morgan fingerprint density at radius 1 is 1.30 bits per heavy atom. The smallest absolute Gasteiger partial charge is 0.248 e. The highest BCUT2D eigenvalue weighted by Gasteiger charge is 2.17. The summed E-state index contributed by atoms with van der Waals surface area (Å²) in [5.41, 5.74) is 1.80. The molecular weight excluding hydrogens is 308 g/mol. The molecular formula is C18H22N2O2S. The predicted molar refractivity (Wildman–Crippen MR) is 95.7 cm³/mol. The molecule has 0 unspecified atom stereocenters. The van der Waals surface area contributed by atoms with Gasteiger partial charge < -0.3 is 10.4 Å². The monoisotopic (exact) mass is 330 g/mol. The van der Waals surface area contributed by atoms with Crippen LogP contribution < -0.4 is 5.32 Å². The van der Waals surface area contributed by atoms with Gasteiger partial charge in [0.2, 0.25) is 5.91 Å². The van der Waals surface area contributed by atoms with Gasteiger partial charge in [0.25, 0.3) is 0 Å². The lowest BCUT2D eigenvalue weighted by molar-refractivity contribution is -0.111. The first-order chi connectivity index (χ1) is 10.9. The van der Waals surface area contributed by atoms with Gasteiger partial charge in [-0.25, -0.2) is 4.98 Å². The zero-order valence-electron chi connectivity index (χ0n) is 13.7. The lowest BCUT2D eigenvalue weighted by Crippen LogP contribution is -2.09. The molecule has 4 nitrogen and oxygen atoms in total. The molecule has 0 bridgehead atoms. The van der Waals surface area contributed by atoms with Crippen molar-refractivity contribution in [2.45, 2.75) is 32.6 Å². The average molecular weight is 330 g/mol. The number of carbonyl (C=O) groups excluding carboxylic acids is 1. The van der Waals surface area contributed by atoms with Crippen molar-refractivity contribution < 1.29 is 9.90 Å².